The van der Waals surface area contributed by atoms with Gasteiger partial charge in [-0.25, -0.2) is 4.79 Å². The smallest absolute Gasteiger partial charge is 0.410 e. The van der Waals surface area contributed by atoms with Crippen LogP contribution in [-0.2, 0) is 4.74 Å². The Morgan fingerprint density at radius 1 is 1.35 bits per heavy atom. The number of hydrogen-bond acceptors (Lipinski definition) is 3. The van der Waals surface area contributed by atoms with Crippen molar-refractivity contribution < 1.29 is 9.53 Å². The maximum absolute atomic E-state index is 12.2. The van der Waals surface area contributed by atoms with E-state index in [0.29, 0.717) is 17.8 Å². The summed E-state index contributed by atoms with van der Waals surface area (Å²) in [5, 5.41) is 0. The number of hydrogen-bond donors (Lipinski definition) is 0. The minimum absolute atomic E-state index is 0.163. The highest BCUT2D eigenvalue weighted by atomic mass is 35.5. The largest absolute Gasteiger partial charge is 0.444 e. The van der Waals surface area contributed by atoms with Crippen molar-refractivity contribution in [2.45, 2.75) is 51.7 Å². The summed E-state index contributed by atoms with van der Waals surface area (Å²) in [5.74, 6) is 1.32. The van der Waals surface area contributed by atoms with E-state index in [-0.39, 0.29) is 6.09 Å². The zero-order chi connectivity index (χ0) is 14.8. The van der Waals surface area contributed by atoms with E-state index < -0.39 is 5.60 Å². The van der Waals surface area contributed by atoms with E-state index in [9.17, 15) is 4.79 Å². The second kappa shape index (κ2) is 6.52. The van der Waals surface area contributed by atoms with Crippen LogP contribution >= 0.6 is 11.6 Å². The van der Waals surface area contributed by atoms with Gasteiger partial charge in [-0.3, -0.25) is 4.90 Å². The number of likely N-dealkylation sites (tertiary alicyclic amines) is 2. The molecule has 0 aliphatic carbocycles. The van der Waals surface area contributed by atoms with Gasteiger partial charge < -0.3 is 9.64 Å². The van der Waals surface area contributed by atoms with Crippen molar-refractivity contribution in [3.63, 3.8) is 0 Å². The third kappa shape index (κ3) is 4.01. The Bertz CT molecular complexity index is 343. The van der Waals surface area contributed by atoms with Gasteiger partial charge in [0.15, 0.2) is 0 Å². The molecule has 0 N–H and O–H groups in total. The van der Waals surface area contributed by atoms with Crippen molar-refractivity contribution in [2.75, 3.05) is 32.1 Å². The van der Waals surface area contributed by atoms with E-state index >= 15 is 0 Å². The van der Waals surface area contributed by atoms with Gasteiger partial charge in [-0.15, -0.1) is 11.6 Å². The number of nitrogens with zero attached hydrogens (tertiary/aromatic N) is 2. The first kappa shape index (κ1) is 15.9. The van der Waals surface area contributed by atoms with Gasteiger partial charge in [-0.1, -0.05) is 0 Å². The highest BCUT2D eigenvalue weighted by Crippen LogP contribution is 2.31. The summed E-state index contributed by atoms with van der Waals surface area (Å²) in [4.78, 5) is 16.6. The summed E-state index contributed by atoms with van der Waals surface area (Å²) in [5.41, 5.74) is -0.414. The maximum Gasteiger partial charge on any atom is 0.410 e. The van der Waals surface area contributed by atoms with Crippen LogP contribution in [0.4, 0.5) is 4.79 Å². The number of amides is 1. The lowest BCUT2D eigenvalue weighted by molar-refractivity contribution is 0.0280. The first-order chi connectivity index (χ1) is 9.40. The van der Waals surface area contributed by atoms with Gasteiger partial charge in [0.25, 0.3) is 0 Å². The molecule has 0 bridgehead atoms. The minimum atomic E-state index is -0.414. The average Bonchev–Trinajstić information content (AvgIpc) is 2.78. The fraction of sp³-hybridized carbons (Fsp3) is 0.933. The molecule has 0 aromatic rings. The lowest BCUT2D eigenvalue weighted by Crippen LogP contribution is -2.45. The van der Waals surface area contributed by atoms with Crippen molar-refractivity contribution in [3.05, 3.63) is 0 Å². The minimum Gasteiger partial charge on any atom is -0.444 e. The zero-order valence-electron chi connectivity index (χ0n) is 12.9. The molecule has 20 heavy (non-hydrogen) atoms. The molecule has 2 unspecified atom stereocenters. The normalized spacial score (nSPS) is 27.5. The first-order valence-electron chi connectivity index (χ1n) is 7.68. The second-order valence-electron chi connectivity index (χ2n) is 6.93. The van der Waals surface area contributed by atoms with E-state index in [2.05, 4.69) is 4.90 Å². The second-order valence-corrected chi connectivity index (χ2v) is 7.31. The van der Waals surface area contributed by atoms with Crippen LogP contribution in [0.5, 0.6) is 0 Å². The standard InChI is InChI=1S/C15H27ClN2O2/c1-15(2,3)20-14(19)18-10-12-6-4-8-17(9-5-7-16)13(12)11-18/h12-13H,4-11H2,1-3H3. The molecule has 0 spiro atoms. The van der Waals surface area contributed by atoms with Crippen LogP contribution in [0.3, 0.4) is 0 Å². The summed E-state index contributed by atoms with van der Waals surface area (Å²) in [7, 11) is 0. The quantitative estimate of drug-likeness (QED) is 0.752. The molecule has 116 valence electrons. The molecule has 0 aromatic carbocycles. The van der Waals surface area contributed by atoms with Gasteiger partial charge in [0.1, 0.15) is 5.60 Å². The number of piperidine rings is 1. The lowest BCUT2D eigenvalue weighted by Gasteiger charge is -2.36. The van der Waals surface area contributed by atoms with Gasteiger partial charge in [0, 0.05) is 25.0 Å². The molecule has 2 aliphatic rings. The fourth-order valence-electron chi connectivity index (χ4n) is 3.29. The molecule has 2 saturated heterocycles. The molecular weight excluding hydrogens is 276 g/mol. The number of carbonyl (C=O) groups is 1. The molecule has 0 saturated carbocycles. The summed E-state index contributed by atoms with van der Waals surface area (Å²) in [6.45, 7) is 9.59. The Kier molecular flexibility index (Phi) is 5.19. The number of halogens is 1. The Labute approximate surface area is 127 Å². The number of fused-ring (bicyclic) bond motifs is 1. The summed E-state index contributed by atoms with van der Waals surface area (Å²) < 4.78 is 5.49. The van der Waals surface area contributed by atoms with E-state index in [1.165, 1.54) is 12.8 Å². The first-order valence-corrected chi connectivity index (χ1v) is 8.22. The van der Waals surface area contributed by atoms with Crippen LogP contribution in [0.15, 0.2) is 0 Å². The monoisotopic (exact) mass is 302 g/mol. The maximum atomic E-state index is 12.2. The zero-order valence-corrected chi connectivity index (χ0v) is 13.7. The molecular formula is C15H27ClN2O2. The molecule has 5 heteroatoms. The van der Waals surface area contributed by atoms with Gasteiger partial charge in [-0.2, -0.15) is 0 Å². The van der Waals surface area contributed by atoms with Crippen molar-refractivity contribution in [3.8, 4) is 0 Å². The predicted octanol–water partition coefficient (Wildman–Crippen LogP) is 2.95. The fourth-order valence-corrected chi connectivity index (χ4v) is 3.41. The topological polar surface area (TPSA) is 32.8 Å². The van der Waals surface area contributed by atoms with Crippen LogP contribution in [0.2, 0.25) is 0 Å². The van der Waals surface area contributed by atoms with E-state index in [1.807, 2.05) is 25.7 Å². The molecule has 4 nitrogen and oxygen atoms in total. The Balaban J connectivity index is 1.93. The number of alkyl halides is 1. The molecule has 2 heterocycles. The predicted molar refractivity (Wildman–Crippen MR) is 81.2 cm³/mol. The molecule has 2 rings (SSSR count). The van der Waals surface area contributed by atoms with Crippen LogP contribution in [-0.4, -0.2) is 59.6 Å². The highest BCUT2D eigenvalue weighted by molar-refractivity contribution is 6.17. The van der Waals surface area contributed by atoms with E-state index in [1.54, 1.807) is 0 Å². The van der Waals surface area contributed by atoms with Gasteiger partial charge in [0.05, 0.1) is 0 Å². The lowest BCUT2D eigenvalue weighted by atomic mass is 9.92. The molecule has 2 fully saturated rings. The van der Waals surface area contributed by atoms with Gasteiger partial charge in [0.2, 0.25) is 0 Å². The molecule has 0 radical (unpaired) electrons. The van der Waals surface area contributed by atoms with Crippen molar-refractivity contribution in [2.24, 2.45) is 5.92 Å². The van der Waals surface area contributed by atoms with E-state index in [0.717, 1.165) is 32.6 Å². The number of ether oxygens (including phenoxy) is 1. The van der Waals surface area contributed by atoms with E-state index in [4.69, 9.17) is 16.3 Å². The van der Waals surface area contributed by atoms with Crippen molar-refractivity contribution in [1.82, 2.24) is 9.80 Å². The summed E-state index contributed by atoms with van der Waals surface area (Å²) in [6.07, 6.45) is 3.31. The Hall–Kier alpha value is -0.480. The highest BCUT2D eigenvalue weighted by Gasteiger charge is 2.41. The average molecular weight is 303 g/mol. The molecule has 2 atom stereocenters. The molecule has 2 aliphatic heterocycles. The van der Waals surface area contributed by atoms with Crippen LogP contribution < -0.4 is 0 Å². The number of rotatable bonds is 3. The van der Waals surface area contributed by atoms with Crippen molar-refractivity contribution >= 4 is 17.7 Å². The summed E-state index contributed by atoms with van der Waals surface area (Å²) >= 11 is 5.80. The van der Waals surface area contributed by atoms with Crippen LogP contribution in [0.25, 0.3) is 0 Å². The Morgan fingerprint density at radius 3 is 2.75 bits per heavy atom. The number of carbonyl (C=O) groups excluding carboxylic acids is 1. The van der Waals surface area contributed by atoms with Gasteiger partial charge in [-0.05, 0) is 59.0 Å². The van der Waals surface area contributed by atoms with Crippen LogP contribution in [0, 0.1) is 5.92 Å². The SMILES string of the molecule is CC(C)(C)OC(=O)N1CC2CCCN(CCCCl)C2C1. The third-order valence-electron chi connectivity index (χ3n) is 4.13. The third-order valence-corrected chi connectivity index (χ3v) is 4.39. The summed E-state index contributed by atoms with van der Waals surface area (Å²) in [6, 6.07) is 0.500. The molecule has 1 amide bonds. The molecule has 0 aromatic heterocycles. The van der Waals surface area contributed by atoms with Gasteiger partial charge >= 0.3 is 6.09 Å². The van der Waals surface area contributed by atoms with Crippen molar-refractivity contribution in [1.29, 1.82) is 0 Å². The Morgan fingerprint density at radius 2 is 2.10 bits per heavy atom. The van der Waals surface area contributed by atoms with Crippen LogP contribution in [0.1, 0.15) is 40.0 Å².